The number of benzene rings is 1. The zero-order valence-electron chi connectivity index (χ0n) is 13.2. The Labute approximate surface area is 145 Å². The SMILES string of the molecule is O=S(=O)(c1ccc2c(c1)OCCCO2)N1CCC(c2cccs2)C1. The van der Waals surface area contributed by atoms with Gasteiger partial charge in [0.15, 0.2) is 11.5 Å². The highest BCUT2D eigenvalue weighted by Crippen LogP contribution is 2.36. The molecule has 0 saturated carbocycles. The van der Waals surface area contributed by atoms with E-state index in [2.05, 4.69) is 6.07 Å². The molecule has 2 aliphatic rings. The summed E-state index contributed by atoms with van der Waals surface area (Å²) in [4.78, 5) is 1.53. The first-order valence-corrected chi connectivity index (χ1v) is 10.4. The number of sulfonamides is 1. The van der Waals surface area contributed by atoms with Crippen LogP contribution in [0, 0.1) is 0 Å². The lowest BCUT2D eigenvalue weighted by molar-refractivity contribution is 0.297. The molecule has 5 nitrogen and oxygen atoms in total. The van der Waals surface area contributed by atoms with E-state index in [1.54, 1.807) is 33.8 Å². The molecule has 0 amide bonds. The van der Waals surface area contributed by atoms with E-state index in [4.69, 9.17) is 9.47 Å². The first kappa shape index (κ1) is 15.9. The molecule has 1 unspecified atom stereocenters. The maximum atomic E-state index is 13.0. The fourth-order valence-corrected chi connectivity index (χ4v) is 5.53. The smallest absolute Gasteiger partial charge is 0.243 e. The number of hydrogen-bond donors (Lipinski definition) is 0. The van der Waals surface area contributed by atoms with Gasteiger partial charge in [-0.25, -0.2) is 8.42 Å². The van der Waals surface area contributed by atoms with E-state index >= 15 is 0 Å². The molecule has 0 aliphatic carbocycles. The quantitative estimate of drug-likeness (QED) is 0.839. The standard InChI is InChI=1S/C17H19NO4S2/c19-24(20,18-7-6-13(12-18)17-3-1-10-23-17)14-4-5-15-16(11-14)22-9-2-8-21-15/h1,3-5,10-11,13H,2,6-9,12H2. The van der Waals surface area contributed by atoms with E-state index in [0.717, 1.165) is 12.8 Å². The largest absolute Gasteiger partial charge is 0.490 e. The lowest BCUT2D eigenvalue weighted by Crippen LogP contribution is -2.28. The van der Waals surface area contributed by atoms with Crippen molar-refractivity contribution in [2.45, 2.75) is 23.7 Å². The molecule has 1 saturated heterocycles. The lowest BCUT2D eigenvalue weighted by Gasteiger charge is -2.17. The summed E-state index contributed by atoms with van der Waals surface area (Å²) in [5.41, 5.74) is 0. The van der Waals surface area contributed by atoms with Crippen LogP contribution in [-0.4, -0.2) is 39.0 Å². The van der Waals surface area contributed by atoms with Crippen molar-refractivity contribution in [2.75, 3.05) is 26.3 Å². The summed E-state index contributed by atoms with van der Waals surface area (Å²) in [7, 11) is -3.51. The van der Waals surface area contributed by atoms with Crippen molar-refractivity contribution in [3.05, 3.63) is 40.6 Å². The number of thiophene rings is 1. The van der Waals surface area contributed by atoms with Crippen LogP contribution in [0.25, 0.3) is 0 Å². The normalized spacial score (nSPS) is 21.6. The van der Waals surface area contributed by atoms with Crippen LogP contribution in [0.4, 0.5) is 0 Å². The van der Waals surface area contributed by atoms with Gasteiger partial charge in [0.05, 0.1) is 18.1 Å². The summed E-state index contributed by atoms with van der Waals surface area (Å²) < 4.78 is 38.7. The maximum absolute atomic E-state index is 13.0. The van der Waals surface area contributed by atoms with Gasteiger partial charge in [0.1, 0.15) is 0 Å². The first-order valence-electron chi connectivity index (χ1n) is 8.08. The number of hydrogen-bond acceptors (Lipinski definition) is 5. The van der Waals surface area contributed by atoms with Gasteiger partial charge in [-0.2, -0.15) is 4.31 Å². The highest BCUT2D eigenvalue weighted by atomic mass is 32.2. The van der Waals surface area contributed by atoms with Crippen LogP contribution in [0.5, 0.6) is 11.5 Å². The molecule has 2 aromatic rings. The molecule has 1 aromatic carbocycles. The van der Waals surface area contributed by atoms with Crippen LogP contribution in [0.15, 0.2) is 40.6 Å². The van der Waals surface area contributed by atoms with Gasteiger partial charge in [-0.15, -0.1) is 11.3 Å². The van der Waals surface area contributed by atoms with E-state index < -0.39 is 10.0 Å². The monoisotopic (exact) mass is 365 g/mol. The van der Waals surface area contributed by atoms with Crippen LogP contribution in [0.1, 0.15) is 23.6 Å². The second-order valence-electron chi connectivity index (χ2n) is 6.02. The van der Waals surface area contributed by atoms with Gasteiger partial charge < -0.3 is 9.47 Å². The van der Waals surface area contributed by atoms with Crippen molar-refractivity contribution in [3.63, 3.8) is 0 Å². The second kappa shape index (κ2) is 6.38. The second-order valence-corrected chi connectivity index (χ2v) is 8.94. The third-order valence-corrected chi connectivity index (χ3v) is 7.35. The Hall–Kier alpha value is -1.57. The maximum Gasteiger partial charge on any atom is 0.243 e. The van der Waals surface area contributed by atoms with Crippen LogP contribution >= 0.6 is 11.3 Å². The van der Waals surface area contributed by atoms with Gasteiger partial charge >= 0.3 is 0 Å². The van der Waals surface area contributed by atoms with Crippen molar-refractivity contribution in [2.24, 2.45) is 0 Å². The van der Waals surface area contributed by atoms with Crippen molar-refractivity contribution >= 4 is 21.4 Å². The Kier molecular flexibility index (Phi) is 4.24. The molecule has 128 valence electrons. The molecule has 3 heterocycles. The summed E-state index contributed by atoms with van der Waals surface area (Å²) >= 11 is 1.69. The van der Waals surface area contributed by atoms with Crippen molar-refractivity contribution < 1.29 is 17.9 Å². The highest BCUT2D eigenvalue weighted by Gasteiger charge is 2.34. The first-order chi connectivity index (χ1) is 11.6. The molecule has 0 spiro atoms. The summed E-state index contributed by atoms with van der Waals surface area (Å²) in [5.74, 6) is 1.42. The number of rotatable bonds is 3. The highest BCUT2D eigenvalue weighted by molar-refractivity contribution is 7.89. The predicted molar refractivity (Wildman–Crippen MR) is 92.5 cm³/mol. The average molecular weight is 365 g/mol. The van der Waals surface area contributed by atoms with Gasteiger partial charge in [0, 0.05) is 36.4 Å². The fraction of sp³-hybridized carbons (Fsp3) is 0.412. The third kappa shape index (κ3) is 2.92. The Morgan fingerprint density at radius 3 is 2.75 bits per heavy atom. The van der Waals surface area contributed by atoms with Crippen LogP contribution in [-0.2, 0) is 10.0 Å². The number of nitrogens with zero attached hydrogens (tertiary/aromatic N) is 1. The Bertz CT molecular complexity index is 817. The minimum absolute atomic E-state index is 0.276. The molecule has 1 aromatic heterocycles. The van der Waals surface area contributed by atoms with Gasteiger partial charge in [0.2, 0.25) is 10.0 Å². The zero-order valence-corrected chi connectivity index (χ0v) is 14.8. The molecular weight excluding hydrogens is 346 g/mol. The minimum Gasteiger partial charge on any atom is -0.490 e. The molecule has 0 radical (unpaired) electrons. The van der Waals surface area contributed by atoms with Crippen LogP contribution in [0.3, 0.4) is 0 Å². The number of fused-ring (bicyclic) bond motifs is 1. The van der Waals surface area contributed by atoms with Gasteiger partial charge in [0.25, 0.3) is 0 Å². The lowest BCUT2D eigenvalue weighted by atomic mass is 10.1. The molecule has 24 heavy (non-hydrogen) atoms. The van der Waals surface area contributed by atoms with E-state index in [9.17, 15) is 8.42 Å². The molecular formula is C17H19NO4S2. The van der Waals surface area contributed by atoms with E-state index in [1.807, 2.05) is 11.4 Å². The third-order valence-electron chi connectivity index (χ3n) is 4.45. The van der Waals surface area contributed by atoms with E-state index in [0.29, 0.717) is 43.7 Å². The molecule has 1 fully saturated rings. The predicted octanol–water partition coefficient (Wildman–Crippen LogP) is 3.09. The van der Waals surface area contributed by atoms with E-state index in [1.165, 1.54) is 4.88 Å². The molecule has 7 heteroatoms. The average Bonchev–Trinajstić information content (AvgIpc) is 3.22. The van der Waals surface area contributed by atoms with Gasteiger partial charge in [-0.1, -0.05) is 6.07 Å². The van der Waals surface area contributed by atoms with Gasteiger partial charge in [-0.3, -0.25) is 0 Å². The summed E-state index contributed by atoms with van der Waals surface area (Å²) in [6, 6.07) is 9.00. The summed E-state index contributed by atoms with van der Waals surface area (Å²) in [6.45, 7) is 2.23. The van der Waals surface area contributed by atoms with E-state index in [-0.39, 0.29) is 4.90 Å². The molecule has 1 atom stereocenters. The summed E-state index contributed by atoms with van der Waals surface area (Å²) in [6.07, 6.45) is 1.66. The van der Waals surface area contributed by atoms with Crippen molar-refractivity contribution in [3.8, 4) is 11.5 Å². The zero-order chi connectivity index (χ0) is 16.6. The van der Waals surface area contributed by atoms with Gasteiger partial charge in [-0.05, 0) is 30.0 Å². The fourth-order valence-electron chi connectivity index (χ4n) is 3.16. The number of ether oxygens (including phenoxy) is 2. The van der Waals surface area contributed by atoms with Crippen molar-refractivity contribution in [1.82, 2.24) is 4.31 Å². The molecule has 0 bridgehead atoms. The Morgan fingerprint density at radius 1 is 1.12 bits per heavy atom. The topological polar surface area (TPSA) is 55.8 Å². The van der Waals surface area contributed by atoms with Crippen LogP contribution < -0.4 is 9.47 Å². The molecule has 0 N–H and O–H groups in total. The van der Waals surface area contributed by atoms with Crippen LogP contribution in [0.2, 0.25) is 0 Å². The summed E-state index contributed by atoms with van der Waals surface area (Å²) in [5, 5.41) is 2.04. The van der Waals surface area contributed by atoms with Crippen molar-refractivity contribution in [1.29, 1.82) is 0 Å². The minimum atomic E-state index is -3.51. The Morgan fingerprint density at radius 2 is 1.96 bits per heavy atom. The Balaban J connectivity index is 1.58. The molecule has 4 rings (SSSR count). The molecule has 2 aliphatic heterocycles.